The molecule has 2 heteroatoms. The van der Waals surface area contributed by atoms with Gasteiger partial charge in [-0.3, -0.25) is 0 Å². The Morgan fingerprint density at radius 1 is 0.480 bits per heavy atom. The van der Waals surface area contributed by atoms with Gasteiger partial charge in [-0.1, -0.05) is 84.9 Å². The summed E-state index contributed by atoms with van der Waals surface area (Å²) >= 11 is 0. The molecule has 0 heterocycles. The number of rotatable bonds is 6. The largest absolute Gasteiger partial charge is 0.351 e. The molecule has 0 radical (unpaired) electrons. The van der Waals surface area contributed by atoms with Gasteiger partial charge in [0.2, 0.25) is 0 Å². The van der Waals surface area contributed by atoms with E-state index in [0.29, 0.717) is 13.2 Å². The maximum atomic E-state index is 5.74. The lowest BCUT2D eigenvalue weighted by Gasteiger charge is -2.10. The SMILES string of the molecule is c1ccc2c(COCOCc3cccc4ccccc34)cccc2c1. The van der Waals surface area contributed by atoms with Crippen molar-refractivity contribution in [2.45, 2.75) is 13.2 Å². The predicted octanol–water partition coefficient (Wildman–Crippen LogP) is 5.68. The quantitative estimate of drug-likeness (QED) is 0.335. The van der Waals surface area contributed by atoms with Crippen molar-refractivity contribution in [2.75, 3.05) is 6.79 Å². The molecule has 25 heavy (non-hydrogen) atoms. The van der Waals surface area contributed by atoms with Crippen LogP contribution < -0.4 is 0 Å². The van der Waals surface area contributed by atoms with Gasteiger partial charge in [0.05, 0.1) is 13.2 Å². The average Bonchev–Trinajstić information content (AvgIpc) is 2.68. The monoisotopic (exact) mass is 328 g/mol. The lowest BCUT2D eigenvalue weighted by molar-refractivity contribution is -0.0683. The molecule has 0 aromatic heterocycles. The van der Waals surface area contributed by atoms with Gasteiger partial charge in [-0.2, -0.15) is 0 Å². The van der Waals surface area contributed by atoms with Crippen molar-refractivity contribution in [1.82, 2.24) is 0 Å². The Morgan fingerprint density at radius 2 is 0.920 bits per heavy atom. The summed E-state index contributed by atoms with van der Waals surface area (Å²) in [6.07, 6.45) is 0. The molecule has 124 valence electrons. The molecule has 4 aromatic carbocycles. The highest BCUT2D eigenvalue weighted by Gasteiger charge is 2.02. The van der Waals surface area contributed by atoms with Gasteiger partial charge in [0, 0.05) is 0 Å². The fourth-order valence-electron chi connectivity index (χ4n) is 3.20. The van der Waals surface area contributed by atoms with Gasteiger partial charge >= 0.3 is 0 Å². The molecule has 0 aliphatic rings. The van der Waals surface area contributed by atoms with E-state index >= 15 is 0 Å². The molecule has 4 aromatic rings. The number of fused-ring (bicyclic) bond motifs is 2. The van der Waals surface area contributed by atoms with E-state index in [1.807, 2.05) is 0 Å². The highest BCUT2D eigenvalue weighted by Crippen LogP contribution is 2.20. The van der Waals surface area contributed by atoms with E-state index in [1.165, 1.54) is 32.7 Å². The first-order valence-electron chi connectivity index (χ1n) is 8.50. The van der Waals surface area contributed by atoms with Gasteiger partial charge < -0.3 is 9.47 Å². The fraction of sp³-hybridized carbons (Fsp3) is 0.130. The summed E-state index contributed by atoms with van der Waals surface area (Å²) in [4.78, 5) is 0. The summed E-state index contributed by atoms with van der Waals surface area (Å²) in [5, 5.41) is 4.94. The van der Waals surface area contributed by atoms with Crippen LogP contribution in [0, 0.1) is 0 Å². The zero-order chi connectivity index (χ0) is 16.9. The topological polar surface area (TPSA) is 18.5 Å². The first kappa shape index (κ1) is 15.8. The maximum absolute atomic E-state index is 5.74. The number of hydrogen-bond acceptors (Lipinski definition) is 2. The number of hydrogen-bond donors (Lipinski definition) is 0. The zero-order valence-electron chi connectivity index (χ0n) is 14.0. The van der Waals surface area contributed by atoms with Crippen LogP contribution in [0.5, 0.6) is 0 Å². The van der Waals surface area contributed by atoms with Crippen LogP contribution >= 0.6 is 0 Å². The second-order valence-corrected chi connectivity index (χ2v) is 6.09. The molecule has 0 N–H and O–H groups in total. The van der Waals surface area contributed by atoms with Gasteiger partial charge in [0.1, 0.15) is 6.79 Å². The Morgan fingerprint density at radius 3 is 1.44 bits per heavy atom. The van der Waals surface area contributed by atoms with Gasteiger partial charge in [-0.15, -0.1) is 0 Å². The van der Waals surface area contributed by atoms with Gasteiger partial charge in [0.25, 0.3) is 0 Å². The Labute approximate surface area is 147 Å². The van der Waals surface area contributed by atoms with Crippen LogP contribution in [-0.4, -0.2) is 6.79 Å². The summed E-state index contributed by atoms with van der Waals surface area (Å²) in [6, 6.07) is 29.3. The zero-order valence-corrected chi connectivity index (χ0v) is 14.0. The molecule has 0 spiro atoms. The number of benzene rings is 4. The molecule has 0 saturated carbocycles. The van der Waals surface area contributed by atoms with Crippen molar-refractivity contribution >= 4 is 21.5 Å². The molecule has 0 amide bonds. The van der Waals surface area contributed by atoms with Crippen molar-refractivity contribution in [3.63, 3.8) is 0 Å². The van der Waals surface area contributed by atoms with Crippen LogP contribution in [0.4, 0.5) is 0 Å². The van der Waals surface area contributed by atoms with Gasteiger partial charge in [-0.05, 0) is 32.7 Å². The average molecular weight is 328 g/mol. The minimum atomic E-state index is 0.284. The van der Waals surface area contributed by atoms with Crippen LogP contribution in [0.1, 0.15) is 11.1 Å². The summed E-state index contributed by atoms with van der Waals surface area (Å²) in [5.74, 6) is 0. The third-order valence-corrected chi connectivity index (χ3v) is 4.44. The first-order chi connectivity index (χ1) is 12.4. The van der Waals surface area contributed by atoms with Crippen molar-refractivity contribution in [1.29, 1.82) is 0 Å². The molecular weight excluding hydrogens is 308 g/mol. The third-order valence-electron chi connectivity index (χ3n) is 4.44. The van der Waals surface area contributed by atoms with E-state index in [9.17, 15) is 0 Å². The highest BCUT2D eigenvalue weighted by molar-refractivity contribution is 5.86. The van der Waals surface area contributed by atoms with Crippen LogP contribution in [0.2, 0.25) is 0 Å². The van der Waals surface area contributed by atoms with Crippen LogP contribution in [-0.2, 0) is 22.7 Å². The van der Waals surface area contributed by atoms with E-state index in [2.05, 4.69) is 84.9 Å². The Kier molecular flexibility index (Phi) is 4.73. The molecule has 0 fully saturated rings. The Bertz CT molecular complexity index is 899. The molecule has 2 nitrogen and oxygen atoms in total. The summed E-state index contributed by atoms with van der Waals surface area (Å²) in [7, 11) is 0. The molecule has 0 bridgehead atoms. The lowest BCUT2D eigenvalue weighted by Crippen LogP contribution is -2.01. The van der Waals surface area contributed by atoms with E-state index in [0.717, 1.165) is 0 Å². The van der Waals surface area contributed by atoms with E-state index < -0.39 is 0 Å². The second-order valence-electron chi connectivity index (χ2n) is 6.09. The molecule has 0 unspecified atom stereocenters. The number of ether oxygens (including phenoxy) is 2. The molecule has 0 atom stereocenters. The van der Waals surface area contributed by atoms with Crippen molar-refractivity contribution < 1.29 is 9.47 Å². The van der Waals surface area contributed by atoms with E-state index in [1.54, 1.807) is 0 Å². The van der Waals surface area contributed by atoms with E-state index in [4.69, 9.17) is 9.47 Å². The maximum Gasteiger partial charge on any atom is 0.147 e. The molecule has 4 rings (SSSR count). The van der Waals surface area contributed by atoms with Crippen molar-refractivity contribution in [3.05, 3.63) is 96.1 Å². The highest BCUT2D eigenvalue weighted by atomic mass is 16.7. The third kappa shape index (κ3) is 3.55. The lowest BCUT2D eigenvalue weighted by atomic mass is 10.1. The van der Waals surface area contributed by atoms with Gasteiger partial charge in [-0.25, -0.2) is 0 Å². The van der Waals surface area contributed by atoms with Crippen molar-refractivity contribution in [2.24, 2.45) is 0 Å². The minimum absolute atomic E-state index is 0.284. The van der Waals surface area contributed by atoms with Crippen LogP contribution in [0.15, 0.2) is 84.9 Å². The predicted molar refractivity (Wildman–Crippen MR) is 102 cm³/mol. The summed E-state index contributed by atoms with van der Waals surface area (Å²) in [5.41, 5.74) is 2.37. The fourth-order valence-corrected chi connectivity index (χ4v) is 3.20. The van der Waals surface area contributed by atoms with Crippen LogP contribution in [0.3, 0.4) is 0 Å². The second kappa shape index (κ2) is 7.47. The molecule has 0 saturated heterocycles. The van der Waals surface area contributed by atoms with Crippen molar-refractivity contribution in [3.8, 4) is 0 Å². The molecule has 0 aliphatic heterocycles. The normalized spacial score (nSPS) is 11.2. The molecule has 0 aliphatic carbocycles. The Hall–Kier alpha value is -2.68. The first-order valence-corrected chi connectivity index (χ1v) is 8.50. The smallest absolute Gasteiger partial charge is 0.147 e. The Balaban J connectivity index is 1.35. The van der Waals surface area contributed by atoms with E-state index in [-0.39, 0.29) is 6.79 Å². The standard InChI is InChI=1S/C23H20O2/c1-3-13-22-18(7-1)9-5-11-20(22)15-24-17-25-16-21-12-6-10-19-8-2-4-14-23(19)21/h1-14H,15-17H2. The molecular formula is C23H20O2. The van der Waals surface area contributed by atoms with Gasteiger partial charge in [0.15, 0.2) is 0 Å². The minimum Gasteiger partial charge on any atom is -0.351 e. The summed E-state index contributed by atoms with van der Waals surface area (Å²) in [6.45, 7) is 1.39. The van der Waals surface area contributed by atoms with Crippen LogP contribution in [0.25, 0.3) is 21.5 Å². The summed E-state index contributed by atoms with van der Waals surface area (Å²) < 4.78 is 11.5.